The Morgan fingerprint density at radius 1 is 1.19 bits per heavy atom. The van der Waals surface area contributed by atoms with Crippen LogP contribution in [0.4, 0.5) is 28.5 Å². The van der Waals surface area contributed by atoms with Gasteiger partial charge in [-0.15, -0.1) is 0 Å². The zero-order chi connectivity index (χ0) is 23.7. The smallest absolute Gasteiger partial charge is 0.354 e. The predicted octanol–water partition coefficient (Wildman–Crippen LogP) is 4.46. The fourth-order valence-corrected chi connectivity index (χ4v) is 3.57. The third-order valence-corrected chi connectivity index (χ3v) is 5.06. The van der Waals surface area contributed by atoms with E-state index in [1.54, 1.807) is 23.5 Å². The van der Waals surface area contributed by atoms with E-state index >= 15 is 0 Å². The number of fused-ring (bicyclic) bond motifs is 1. The molecule has 32 heavy (non-hydrogen) atoms. The lowest BCUT2D eigenvalue weighted by atomic mass is 10.0. The van der Waals surface area contributed by atoms with Crippen molar-refractivity contribution >= 4 is 44.3 Å². The van der Waals surface area contributed by atoms with Gasteiger partial charge in [0.05, 0.1) is 16.4 Å². The van der Waals surface area contributed by atoms with Crippen LogP contribution in [0.5, 0.6) is 0 Å². The maximum atomic E-state index is 14.3. The van der Waals surface area contributed by atoms with E-state index in [-0.39, 0.29) is 21.8 Å². The summed E-state index contributed by atoms with van der Waals surface area (Å²) in [5.41, 5.74) is -0.449. The molecule has 0 radical (unpaired) electrons. The van der Waals surface area contributed by atoms with Crippen LogP contribution >= 0.6 is 11.3 Å². The third kappa shape index (κ3) is 5.66. The second-order valence-electron chi connectivity index (χ2n) is 7.32. The molecule has 0 unspecified atom stereocenters. The number of hydrogen-bond acceptors (Lipinski definition) is 7. The molecule has 3 rings (SSSR count). The van der Waals surface area contributed by atoms with Gasteiger partial charge in [-0.1, -0.05) is 11.3 Å². The van der Waals surface area contributed by atoms with E-state index in [1.165, 1.54) is 32.1 Å². The van der Waals surface area contributed by atoms with Crippen molar-refractivity contribution < 1.29 is 31.4 Å². The molecule has 8 nitrogen and oxygen atoms in total. The minimum atomic E-state index is -4.58. The number of benzene rings is 1. The molecule has 0 bridgehead atoms. The molecule has 0 saturated heterocycles. The highest BCUT2D eigenvalue weighted by Crippen LogP contribution is 2.30. The van der Waals surface area contributed by atoms with Gasteiger partial charge in [0.25, 0.3) is 0 Å². The molecule has 2 amide bonds. The highest BCUT2D eigenvalue weighted by Gasteiger charge is 2.34. The van der Waals surface area contributed by atoms with E-state index in [0.29, 0.717) is 16.2 Å². The summed E-state index contributed by atoms with van der Waals surface area (Å²) in [6.07, 6.45) is -3.68. The van der Waals surface area contributed by atoms with Crippen molar-refractivity contribution in [2.24, 2.45) is 0 Å². The molecule has 0 saturated carbocycles. The molecule has 3 aromatic rings. The number of hydrogen-bond donors (Lipinski definition) is 3. The molecule has 1 aromatic carbocycles. The summed E-state index contributed by atoms with van der Waals surface area (Å²) < 4.78 is 52.1. The molecular weight excluding hydrogens is 452 g/mol. The molecule has 0 atom stereocenters. The monoisotopic (exact) mass is 476 g/mol. The number of alkyl halides is 3. The van der Waals surface area contributed by atoms with Crippen LogP contribution in [0.3, 0.4) is 0 Å². The minimum Gasteiger partial charge on any atom is -0.354 e. The highest BCUT2D eigenvalue weighted by atomic mass is 32.1. The zero-order valence-electron chi connectivity index (χ0n) is 17.1. The van der Waals surface area contributed by atoms with Gasteiger partial charge >= 0.3 is 6.18 Å². The Hall–Kier alpha value is -3.35. The number of aromatic nitrogens is 3. The maximum Gasteiger partial charge on any atom is 0.405 e. The second kappa shape index (κ2) is 8.65. The Morgan fingerprint density at radius 3 is 2.56 bits per heavy atom. The number of thiazole rings is 1. The first-order valence-electron chi connectivity index (χ1n) is 9.18. The van der Waals surface area contributed by atoms with E-state index in [4.69, 9.17) is 0 Å². The summed E-state index contributed by atoms with van der Waals surface area (Å²) in [5, 5.41) is 7.30. The maximum absolute atomic E-state index is 14.3. The van der Waals surface area contributed by atoms with Crippen molar-refractivity contribution in [2.75, 3.05) is 17.2 Å². The predicted molar refractivity (Wildman–Crippen MR) is 118 cm³/mol. The first-order chi connectivity index (χ1) is 14.8. The van der Waals surface area contributed by atoms with Crippen molar-refractivity contribution in [3.8, 4) is 11.4 Å². The fourth-order valence-electron chi connectivity index (χ4n) is 2.62. The molecular formula is C19H24F4N6O2S. The molecule has 2 heterocycles. The van der Waals surface area contributed by atoms with E-state index in [9.17, 15) is 27.2 Å². The van der Waals surface area contributed by atoms with Crippen molar-refractivity contribution in [2.45, 2.75) is 32.5 Å². The van der Waals surface area contributed by atoms with E-state index < -0.39 is 30.0 Å². The van der Waals surface area contributed by atoms with Crippen LogP contribution < -0.4 is 16.0 Å². The highest BCUT2D eigenvalue weighted by molar-refractivity contribution is 7.22. The first-order valence-corrected chi connectivity index (χ1v) is 10.00. The van der Waals surface area contributed by atoms with Gasteiger partial charge in [0.15, 0.2) is 22.6 Å². The lowest BCUT2D eigenvalue weighted by molar-refractivity contribution is -0.140. The minimum absolute atomic E-state index is 0. The summed E-state index contributed by atoms with van der Waals surface area (Å²) in [4.78, 5) is 35.7. The first kappa shape index (κ1) is 23.3. The molecule has 176 valence electrons. The Morgan fingerprint density at radius 2 is 1.91 bits per heavy atom. The van der Waals surface area contributed by atoms with Crippen LogP contribution in [0.25, 0.3) is 21.6 Å². The van der Waals surface area contributed by atoms with Gasteiger partial charge in [0, 0.05) is 16.8 Å². The molecule has 0 aliphatic rings. The van der Waals surface area contributed by atoms with Gasteiger partial charge in [-0.05, 0) is 32.0 Å². The Balaban J connectivity index is 0.00000385. The SMILES string of the molecule is CC(=O)Nc1nc2ccc(-c3ncc(F)c(NC(C)(C)C(=O)NCC(F)(F)F)n3)cc2s1.[HH].[HH].[HH]. The van der Waals surface area contributed by atoms with Gasteiger partial charge in [-0.25, -0.2) is 19.3 Å². The topological polar surface area (TPSA) is 109 Å². The normalized spacial score (nSPS) is 12.0. The number of nitrogens with zero attached hydrogens (tertiary/aromatic N) is 3. The largest absolute Gasteiger partial charge is 0.405 e. The number of rotatable bonds is 6. The van der Waals surface area contributed by atoms with Gasteiger partial charge in [-0.2, -0.15) is 13.2 Å². The Labute approximate surface area is 187 Å². The van der Waals surface area contributed by atoms with Crippen molar-refractivity contribution in [1.29, 1.82) is 0 Å². The van der Waals surface area contributed by atoms with Gasteiger partial charge in [-0.3, -0.25) is 9.59 Å². The third-order valence-electron chi connectivity index (χ3n) is 4.12. The summed E-state index contributed by atoms with van der Waals surface area (Å²) in [7, 11) is 0. The summed E-state index contributed by atoms with van der Waals surface area (Å²) in [5.74, 6) is -2.34. The zero-order valence-corrected chi connectivity index (χ0v) is 17.9. The number of carbonyl (C=O) groups excluding carboxylic acids is 2. The number of nitrogens with one attached hydrogen (secondary N) is 3. The standard InChI is InChI=1S/C19H18F4N6O2S.3H2/c1-9(30)26-17-27-12-5-4-10(6-13(12)32-17)14-24-7-11(20)15(28-14)29-18(2,3)16(31)25-8-19(21,22)23;;;/h4-7H,8H2,1-3H3,(H,25,31)(H,24,28,29)(H,26,27,30);3*1H. The average Bonchev–Trinajstić information content (AvgIpc) is 3.07. The number of anilines is 2. The molecule has 0 aliphatic carbocycles. The van der Waals surface area contributed by atoms with Crippen molar-refractivity contribution in [3.63, 3.8) is 0 Å². The molecule has 0 spiro atoms. The van der Waals surface area contributed by atoms with Gasteiger partial charge in [0.2, 0.25) is 11.8 Å². The number of amides is 2. The van der Waals surface area contributed by atoms with E-state index in [2.05, 4.69) is 25.6 Å². The van der Waals surface area contributed by atoms with Crippen LogP contribution in [0.2, 0.25) is 0 Å². The van der Waals surface area contributed by atoms with E-state index in [0.717, 1.165) is 10.9 Å². The van der Waals surface area contributed by atoms with Gasteiger partial charge in [0.1, 0.15) is 12.1 Å². The summed E-state index contributed by atoms with van der Waals surface area (Å²) >= 11 is 1.23. The molecule has 3 N–H and O–H groups in total. The van der Waals surface area contributed by atoms with Crippen LogP contribution in [0, 0.1) is 5.82 Å². The number of carbonyl (C=O) groups is 2. The average molecular weight is 476 g/mol. The molecule has 0 fully saturated rings. The van der Waals surface area contributed by atoms with Crippen molar-refractivity contribution in [3.05, 3.63) is 30.2 Å². The Kier molecular flexibility index (Phi) is 6.30. The molecule has 2 aromatic heterocycles. The van der Waals surface area contributed by atoms with Crippen LogP contribution in [0.1, 0.15) is 25.1 Å². The molecule has 0 aliphatic heterocycles. The van der Waals surface area contributed by atoms with Crippen LogP contribution in [0.15, 0.2) is 24.4 Å². The quantitative estimate of drug-likeness (QED) is 0.454. The van der Waals surface area contributed by atoms with Crippen LogP contribution in [-0.2, 0) is 9.59 Å². The lowest BCUT2D eigenvalue weighted by Gasteiger charge is -2.26. The summed E-state index contributed by atoms with van der Waals surface area (Å²) in [6, 6.07) is 5.04. The Bertz CT molecular complexity index is 1190. The second-order valence-corrected chi connectivity index (χ2v) is 8.35. The fraction of sp³-hybridized carbons (Fsp3) is 0.316. The van der Waals surface area contributed by atoms with Gasteiger partial charge < -0.3 is 16.0 Å². The van der Waals surface area contributed by atoms with Crippen molar-refractivity contribution in [1.82, 2.24) is 20.3 Å². The number of halogens is 4. The summed E-state index contributed by atoms with van der Waals surface area (Å²) in [6.45, 7) is 2.45. The molecule has 13 heteroatoms. The van der Waals surface area contributed by atoms with Crippen LogP contribution in [-0.4, -0.2) is 45.0 Å². The van der Waals surface area contributed by atoms with E-state index in [1.807, 2.05) is 0 Å². The lowest BCUT2D eigenvalue weighted by Crippen LogP contribution is -2.50.